The third-order valence-corrected chi connectivity index (χ3v) is 7.17. The minimum absolute atomic E-state index is 0.0308. The standard InChI is InChI=1S/C22H23ClN4O5S/c1-32-15-8-6-14(7-9-15)11-21(28)24-25-22(29)16-12-19-18(13-17(16)23)27-10-4-2-3-5-20(27)26-33(19,30)31/h6-9,12-13H,2-5,10-11H2,1H3,(H,24,28)(H,25,29). The summed E-state index contributed by atoms with van der Waals surface area (Å²) in [5.41, 5.74) is 5.69. The number of benzene rings is 2. The van der Waals surface area contributed by atoms with Gasteiger partial charge in [-0.25, -0.2) is 0 Å². The summed E-state index contributed by atoms with van der Waals surface area (Å²) >= 11 is 6.35. The predicted octanol–water partition coefficient (Wildman–Crippen LogP) is 2.83. The Morgan fingerprint density at radius 1 is 1.12 bits per heavy atom. The third kappa shape index (κ3) is 4.96. The minimum Gasteiger partial charge on any atom is -0.497 e. The molecule has 2 aromatic rings. The van der Waals surface area contributed by atoms with Crippen molar-refractivity contribution in [3.8, 4) is 5.75 Å². The van der Waals surface area contributed by atoms with E-state index in [4.69, 9.17) is 16.3 Å². The zero-order chi connectivity index (χ0) is 23.6. The molecule has 2 N–H and O–H groups in total. The summed E-state index contributed by atoms with van der Waals surface area (Å²) in [6, 6.07) is 9.62. The van der Waals surface area contributed by atoms with Gasteiger partial charge in [0.25, 0.3) is 15.9 Å². The van der Waals surface area contributed by atoms with Crippen molar-refractivity contribution in [2.75, 3.05) is 18.6 Å². The van der Waals surface area contributed by atoms with Gasteiger partial charge in [0.1, 0.15) is 16.5 Å². The van der Waals surface area contributed by atoms with Crippen molar-refractivity contribution < 1.29 is 22.7 Å². The summed E-state index contributed by atoms with van der Waals surface area (Å²) in [6.07, 6.45) is 3.35. The molecular weight excluding hydrogens is 468 g/mol. The van der Waals surface area contributed by atoms with Crippen molar-refractivity contribution >= 4 is 45.0 Å². The van der Waals surface area contributed by atoms with Gasteiger partial charge in [-0.2, -0.15) is 8.42 Å². The molecule has 0 bridgehead atoms. The molecule has 0 spiro atoms. The molecule has 2 heterocycles. The number of rotatable bonds is 4. The van der Waals surface area contributed by atoms with E-state index in [0.29, 0.717) is 30.2 Å². The van der Waals surface area contributed by atoms with Crippen molar-refractivity contribution in [3.05, 3.63) is 52.5 Å². The van der Waals surface area contributed by atoms with E-state index in [9.17, 15) is 18.0 Å². The first kappa shape index (κ1) is 23.1. The molecule has 0 atom stereocenters. The Hall–Kier alpha value is -3.11. The molecule has 4 rings (SSSR count). The van der Waals surface area contributed by atoms with Crippen molar-refractivity contribution in [2.24, 2.45) is 4.40 Å². The zero-order valence-electron chi connectivity index (χ0n) is 17.9. The van der Waals surface area contributed by atoms with Crippen molar-refractivity contribution in [1.82, 2.24) is 10.9 Å². The average molecular weight is 491 g/mol. The van der Waals surface area contributed by atoms with Crippen LogP contribution >= 0.6 is 11.6 Å². The molecule has 2 aliphatic rings. The predicted molar refractivity (Wildman–Crippen MR) is 124 cm³/mol. The number of anilines is 1. The Morgan fingerprint density at radius 3 is 2.61 bits per heavy atom. The highest BCUT2D eigenvalue weighted by Gasteiger charge is 2.33. The molecule has 0 unspecified atom stereocenters. The highest BCUT2D eigenvalue weighted by atomic mass is 35.5. The number of hydrogen-bond acceptors (Lipinski definition) is 6. The van der Waals surface area contributed by atoms with Crippen LogP contribution in [0.15, 0.2) is 45.7 Å². The van der Waals surface area contributed by atoms with Crippen LogP contribution in [0.5, 0.6) is 5.75 Å². The van der Waals surface area contributed by atoms with Gasteiger partial charge in [-0.3, -0.25) is 20.4 Å². The summed E-state index contributed by atoms with van der Waals surface area (Å²) in [4.78, 5) is 26.7. The number of hydrogen-bond donors (Lipinski definition) is 2. The highest BCUT2D eigenvalue weighted by molar-refractivity contribution is 7.90. The molecule has 1 saturated heterocycles. The molecule has 11 heteroatoms. The maximum atomic E-state index is 12.8. The number of nitrogens with zero attached hydrogens (tertiary/aromatic N) is 2. The van der Waals surface area contributed by atoms with Crippen LogP contribution in [0.4, 0.5) is 5.69 Å². The second kappa shape index (κ2) is 9.40. The smallest absolute Gasteiger partial charge is 0.286 e. The van der Waals surface area contributed by atoms with Gasteiger partial charge in [0, 0.05) is 13.0 Å². The number of carbonyl (C=O) groups excluding carboxylic acids is 2. The molecule has 2 amide bonds. The summed E-state index contributed by atoms with van der Waals surface area (Å²) in [7, 11) is -2.42. The van der Waals surface area contributed by atoms with Gasteiger partial charge in [-0.15, -0.1) is 4.40 Å². The van der Waals surface area contributed by atoms with Crippen molar-refractivity contribution in [1.29, 1.82) is 0 Å². The molecule has 9 nitrogen and oxygen atoms in total. The van der Waals surface area contributed by atoms with E-state index >= 15 is 0 Å². The zero-order valence-corrected chi connectivity index (χ0v) is 19.5. The Labute approximate surface area is 196 Å². The van der Waals surface area contributed by atoms with Crippen LogP contribution in [-0.2, 0) is 21.2 Å². The topological polar surface area (TPSA) is 117 Å². The minimum atomic E-state index is -3.97. The molecule has 2 aliphatic heterocycles. The lowest BCUT2D eigenvalue weighted by molar-refractivity contribution is -0.121. The number of ether oxygens (including phenoxy) is 1. The first-order valence-corrected chi connectivity index (χ1v) is 12.3. The fourth-order valence-corrected chi connectivity index (χ4v) is 5.35. The Kier molecular flexibility index (Phi) is 6.57. The molecule has 0 aromatic heterocycles. The van der Waals surface area contributed by atoms with E-state index in [1.165, 1.54) is 12.1 Å². The van der Waals surface area contributed by atoms with E-state index < -0.39 is 21.8 Å². The number of hydrazine groups is 1. The Bertz CT molecular complexity index is 1230. The van der Waals surface area contributed by atoms with Gasteiger partial charge >= 0.3 is 0 Å². The van der Waals surface area contributed by atoms with E-state index in [0.717, 1.165) is 24.8 Å². The first-order valence-electron chi connectivity index (χ1n) is 10.5. The summed E-state index contributed by atoms with van der Waals surface area (Å²) < 4.78 is 34.6. The van der Waals surface area contributed by atoms with Crippen LogP contribution in [-0.4, -0.2) is 39.7 Å². The second-order valence-corrected chi connectivity index (χ2v) is 9.75. The fraction of sp³-hybridized carbons (Fsp3) is 0.318. The van der Waals surface area contributed by atoms with E-state index in [2.05, 4.69) is 15.2 Å². The fourth-order valence-electron chi connectivity index (χ4n) is 3.84. The lowest BCUT2D eigenvalue weighted by Gasteiger charge is -2.30. The van der Waals surface area contributed by atoms with E-state index in [1.54, 1.807) is 31.4 Å². The van der Waals surface area contributed by atoms with Crippen LogP contribution < -0.4 is 20.5 Å². The number of carbonyl (C=O) groups is 2. The number of fused-ring (bicyclic) bond motifs is 3. The van der Waals surface area contributed by atoms with Crippen LogP contribution in [0.25, 0.3) is 0 Å². The maximum Gasteiger partial charge on any atom is 0.286 e. The molecular formula is C22H23ClN4O5S. The number of nitrogens with one attached hydrogen (secondary N) is 2. The van der Waals surface area contributed by atoms with Crippen LogP contribution in [0.3, 0.4) is 0 Å². The van der Waals surface area contributed by atoms with Gasteiger partial charge in [-0.1, -0.05) is 30.2 Å². The van der Waals surface area contributed by atoms with Crippen molar-refractivity contribution in [2.45, 2.75) is 37.0 Å². The molecule has 2 aromatic carbocycles. The third-order valence-electron chi connectivity index (χ3n) is 5.52. The lowest BCUT2D eigenvalue weighted by atomic mass is 10.1. The maximum absolute atomic E-state index is 12.8. The molecule has 33 heavy (non-hydrogen) atoms. The molecule has 174 valence electrons. The number of amidine groups is 1. The largest absolute Gasteiger partial charge is 0.497 e. The number of amides is 2. The van der Waals surface area contributed by atoms with Crippen LogP contribution in [0.1, 0.15) is 41.6 Å². The van der Waals surface area contributed by atoms with Crippen molar-refractivity contribution in [3.63, 3.8) is 0 Å². The number of methoxy groups -OCH3 is 1. The average Bonchev–Trinajstić information content (AvgIpc) is 3.02. The lowest BCUT2D eigenvalue weighted by Crippen LogP contribution is -2.42. The van der Waals surface area contributed by atoms with Gasteiger partial charge in [0.05, 0.1) is 29.8 Å². The summed E-state index contributed by atoms with van der Waals surface area (Å²) in [6.45, 7) is 0.630. The molecule has 0 saturated carbocycles. The SMILES string of the molecule is COc1ccc(CC(=O)NNC(=O)c2cc3c(cc2Cl)N2CCCCCC2=NS3(=O)=O)cc1. The monoisotopic (exact) mass is 490 g/mol. The molecule has 1 fully saturated rings. The normalized spacial score (nSPS) is 16.5. The second-order valence-electron chi connectivity index (χ2n) is 7.77. The number of sulfonamides is 1. The molecule has 0 aliphatic carbocycles. The van der Waals surface area contributed by atoms with Gasteiger partial charge in [-0.05, 0) is 42.7 Å². The highest BCUT2D eigenvalue weighted by Crippen LogP contribution is 2.37. The van der Waals surface area contributed by atoms with Crippen LogP contribution in [0.2, 0.25) is 5.02 Å². The Balaban J connectivity index is 1.49. The summed E-state index contributed by atoms with van der Waals surface area (Å²) in [5, 5.41) is 0.0800. The van der Waals surface area contributed by atoms with Gasteiger partial charge < -0.3 is 9.64 Å². The summed E-state index contributed by atoms with van der Waals surface area (Å²) in [5.74, 6) is -0.0130. The van der Waals surface area contributed by atoms with Gasteiger partial charge in [0.15, 0.2) is 0 Å². The molecule has 0 radical (unpaired) electrons. The Morgan fingerprint density at radius 2 is 1.88 bits per heavy atom. The van der Waals surface area contributed by atoms with Gasteiger partial charge in [0.2, 0.25) is 5.91 Å². The van der Waals surface area contributed by atoms with E-state index in [1.807, 2.05) is 4.90 Å². The number of halogens is 1. The van der Waals surface area contributed by atoms with Crippen LogP contribution in [0, 0.1) is 0 Å². The van der Waals surface area contributed by atoms with E-state index in [-0.39, 0.29) is 21.9 Å². The first-order chi connectivity index (χ1) is 15.8. The quantitative estimate of drug-likeness (QED) is 0.636.